The molecule has 0 spiro atoms. The SMILES string of the molecule is C/C=C(\C)CCC.C=C(C)F. The van der Waals surface area contributed by atoms with Crippen LogP contribution in [-0.4, -0.2) is 0 Å². The van der Waals surface area contributed by atoms with E-state index in [1.807, 2.05) is 0 Å². The maximum Gasteiger partial charge on any atom is 0.0897 e. The van der Waals surface area contributed by atoms with Crippen LogP contribution in [0.2, 0.25) is 0 Å². The number of hydrogen-bond donors (Lipinski definition) is 0. The third-order valence-electron chi connectivity index (χ3n) is 1.14. The Kier molecular flexibility index (Phi) is 11.1. The third-order valence-corrected chi connectivity index (χ3v) is 1.14. The monoisotopic (exact) mass is 158 g/mol. The molecule has 0 N–H and O–H groups in total. The average molecular weight is 158 g/mol. The number of allylic oxidation sites excluding steroid dienone is 3. The summed E-state index contributed by atoms with van der Waals surface area (Å²) < 4.78 is 10.8. The lowest BCUT2D eigenvalue weighted by Crippen LogP contribution is -1.70. The van der Waals surface area contributed by atoms with Gasteiger partial charge in [-0.15, -0.1) is 0 Å². The quantitative estimate of drug-likeness (QED) is 0.527. The maximum absolute atomic E-state index is 10.8. The molecule has 0 radical (unpaired) electrons. The summed E-state index contributed by atoms with van der Waals surface area (Å²) in [4.78, 5) is 0. The number of halogens is 1. The normalized spacial score (nSPS) is 10.1. The topological polar surface area (TPSA) is 0 Å². The zero-order valence-electron chi connectivity index (χ0n) is 8.08. The van der Waals surface area contributed by atoms with E-state index in [4.69, 9.17) is 0 Å². The van der Waals surface area contributed by atoms with E-state index in [2.05, 4.69) is 33.4 Å². The molecule has 66 valence electrons. The molecule has 1 heteroatoms. The van der Waals surface area contributed by atoms with Crippen molar-refractivity contribution in [1.82, 2.24) is 0 Å². The zero-order valence-corrected chi connectivity index (χ0v) is 8.08. The highest BCUT2D eigenvalue weighted by atomic mass is 19.1. The van der Waals surface area contributed by atoms with Gasteiger partial charge < -0.3 is 0 Å². The first-order valence-corrected chi connectivity index (χ1v) is 3.97. The molecular weight excluding hydrogens is 139 g/mol. The van der Waals surface area contributed by atoms with E-state index in [1.165, 1.54) is 25.3 Å². The van der Waals surface area contributed by atoms with Gasteiger partial charge in [0.05, 0.1) is 5.83 Å². The predicted molar refractivity (Wildman–Crippen MR) is 50.3 cm³/mol. The van der Waals surface area contributed by atoms with E-state index in [0.717, 1.165) is 0 Å². The van der Waals surface area contributed by atoms with Crippen molar-refractivity contribution in [2.75, 3.05) is 0 Å². The van der Waals surface area contributed by atoms with Crippen molar-refractivity contribution in [3.05, 3.63) is 24.1 Å². The fraction of sp³-hybridized carbons (Fsp3) is 0.600. The first-order valence-electron chi connectivity index (χ1n) is 3.97. The van der Waals surface area contributed by atoms with Crippen molar-refractivity contribution in [3.8, 4) is 0 Å². The Morgan fingerprint density at radius 3 is 1.91 bits per heavy atom. The van der Waals surface area contributed by atoms with Crippen LogP contribution in [0.5, 0.6) is 0 Å². The van der Waals surface area contributed by atoms with Crippen molar-refractivity contribution >= 4 is 0 Å². The second kappa shape index (κ2) is 9.41. The molecule has 0 bridgehead atoms. The van der Waals surface area contributed by atoms with Crippen LogP contribution in [0, 0.1) is 0 Å². The largest absolute Gasteiger partial charge is 0.213 e. The first-order chi connectivity index (χ1) is 5.04. The fourth-order valence-electron chi connectivity index (χ4n) is 0.539. The Labute approximate surface area is 69.8 Å². The van der Waals surface area contributed by atoms with E-state index >= 15 is 0 Å². The van der Waals surface area contributed by atoms with E-state index < -0.39 is 0 Å². The summed E-state index contributed by atoms with van der Waals surface area (Å²) in [6, 6.07) is 0. The minimum Gasteiger partial charge on any atom is -0.213 e. The van der Waals surface area contributed by atoms with Gasteiger partial charge in [-0.3, -0.25) is 0 Å². The van der Waals surface area contributed by atoms with E-state index in [1.54, 1.807) is 0 Å². The minimum absolute atomic E-state index is 0.333. The molecule has 0 heterocycles. The summed E-state index contributed by atoms with van der Waals surface area (Å²) in [5, 5.41) is 0. The second-order valence-corrected chi connectivity index (χ2v) is 2.56. The van der Waals surface area contributed by atoms with Crippen molar-refractivity contribution in [1.29, 1.82) is 0 Å². The molecule has 0 aliphatic rings. The van der Waals surface area contributed by atoms with Crippen LogP contribution in [0.3, 0.4) is 0 Å². The van der Waals surface area contributed by atoms with Crippen LogP contribution in [0.1, 0.15) is 40.5 Å². The van der Waals surface area contributed by atoms with Gasteiger partial charge in [0.25, 0.3) is 0 Å². The Bertz CT molecular complexity index is 119. The molecule has 0 rings (SSSR count). The van der Waals surface area contributed by atoms with Gasteiger partial charge in [-0.1, -0.05) is 31.6 Å². The molecule has 0 aromatic rings. The van der Waals surface area contributed by atoms with Crippen LogP contribution in [-0.2, 0) is 0 Å². The average Bonchev–Trinajstić information content (AvgIpc) is 1.87. The Balaban J connectivity index is 0. The second-order valence-electron chi connectivity index (χ2n) is 2.56. The summed E-state index contributed by atoms with van der Waals surface area (Å²) in [6.45, 7) is 10.7. The van der Waals surface area contributed by atoms with Crippen LogP contribution in [0.4, 0.5) is 4.39 Å². The summed E-state index contributed by atoms with van der Waals surface area (Å²) >= 11 is 0. The predicted octanol–water partition coefficient (Wildman–Crippen LogP) is 4.24. The van der Waals surface area contributed by atoms with Crippen molar-refractivity contribution < 1.29 is 4.39 Å². The van der Waals surface area contributed by atoms with Crippen LogP contribution >= 0.6 is 0 Å². The Hall–Kier alpha value is -0.590. The maximum atomic E-state index is 10.8. The molecule has 0 atom stereocenters. The lowest BCUT2D eigenvalue weighted by Gasteiger charge is -1.91. The van der Waals surface area contributed by atoms with E-state index in [-0.39, 0.29) is 5.83 Å². The standard InChI is InChI=1S/C7H14.C3H5F/c1-4-6-7(3)5-2;1-3(2)4/h5H,4,6H2,1-3H3;1H2,2H3/b7-5+;. The summed E-state index contributed by atoms with van der Waals surface area (Å²) in [5.41, 5.74) is 1.50. The van der Waals surface area contributed by atoms with Gasteiger partial charge in [-0.2, -0.15) is 0 Å². The minimum atomic E-state index is -0.333. The fourth-order valence-corrected chi connectivity index (χ4v) is 0.539. The van der Waals surface area contributed by atoms with Gasteiger partial charge in [0.1, 0.15) is 0 Å². The Morgan fingerprint density at radius 2 is 1.82 bits per heavy atom. The highest BCUT2D eigenvalue weighted by Gasteiger charge is 1.79. The molecule has 0 aliphatic heterocycles. The molecule has 0 nitrogen and oxygen atoms in total. The molecule has 11 heavy (non-hydrogen) atoms. The molecule has 0 aliphatic carbocycles. The van der Waals surface area contributed by atoms with Crippen LogP contribution in [0.15, 0.2) is 24.1 Å². The third kappa shape index (κ3) is 26.6. The van der Waals surface area contributed by atoms with E-state index in [0.29, 0.717) is 0 Å². The van der Waals surface area contributed by atoms with Gasteiger partial charge in [0.15, 0.2) is 0 Å². The summed E-state index contributed by atoms with van der Waals surface area (Å²) in [7, 11) is 0. The van der Waals surface area contributed by atoms with Crippen LogP contribution < -0.4 is 0 Å². The molecule has 0 unspecified atom stereocenters. The lowest BCUT2D eigenvalue weighted by atomic mass is 10.2. The van der Waals surface area contributed by atoms with Crippen molar-refractivity contribution in [3.63, 3.8) is 0 Å². The first kappa shape index (κ1) is 13.0. The number of hydrogen-bond acceptors (Lipinski definition) is 0. The Morgan fingerprint density at radius 1 is 1.45 bits per heavy atom. The van der Waals surface area contributed by atoms with Gasteiger partial charge in [-0.05, 0) is 27.2 Å². The van der Waals surface area contributed by atoms with Gasteiger partial charge in [-0.25, -0.2) is 4.39 Å². The molecular formula is C10H19F. The summed E-state index contributed by atoms with van der Waals surface area (Å²) in [6.07, 6.45) is 4.70. The smallest absolute Gasteiger partial charge is 0.0897 e. The molecule has 0 saturated heterocycles. The lowest BCUT2D eigenvalue weighted by molar-refractivity contribution is 0.645. The number of rotatable bonds is 2. The molecule has 0 saturated carbocycles. The van der Waals surface area contributed by atoms with Crippen molar-refractivity contribution in [2.45, 2.75) is 40.5 Å². The molecule has 0 aromatic heterocycles. The summed E-state index contributed by atoms with van der Waals surface area (Å²) in [5.74, 6) is -0.333. The molecule has 0 fully saturated rings. The van der Waals surface area contributed by atoms with Gasteiger partial charge >= 0.3 is 0 Å². The molecule has 0 amide bonds. The van der Waals surface area contributed by atoms with E-state index in [9.17, 15) is 4.39 Å². The molecule has 0 aromatic carbocycles. The highest BCUT2D eigenvalue weighted by Crippen LogP contribution is 2.00. The zero-order chi connectivity index (χ0) is 9.28. The van der Waals surface area contributed by atoms with Gasteiger partial charge in [0.2, 0.25) is 0 Å². The van der Waals surface area contributed by atoms with Crippen molar-refractivity contribution in [2.24, 2.45) is 0 Å². The highest BCUT2D eigenvalue weighted by molar-refractivity contribution is 4.94. The van der Waals surface area contributed by atoms with Crippen LogP contribution in [0.25, 0.3) is 0 Å². The van der Waals surface area contributed by atoms with Gasteiger partial charge in [0, 0.05) is 0 Å².